The summed E-state index contributed by atoms with van der Waals surface area (Å²) in [6.07, 6.45) is 2.80. The Morgan fingerprint density at radius 2 is 1.52 bits per heavy atom. The lowest BCUT2D eigenvalue weighted by molar-refractivity contribution is 0.102. The molecular formula is C18H12F3N3O. The van der Waals surface area contributed by atoms with Gasteiger partial charge in [-0.1, -0.05) is 0 Å². The van der Waals surface area contributed by atoms with E-state index in [0.717, 1.165) is 12.1 Å². The molecule has 1 heterocycles. The summed E-state index contributed by atoms with van der Waals surface area (Å²) in [5.41, 5.74) is 1.43. The van der Waals surface area contributed by atoms with E-state index in [1.54, 1.807) is 0 Å². The van der Waals surface area contributed by atoms with Crippen molar-refractivity contribution < 1.29 is 18.0 Å². The maximum Gasteiger partial charge on any atom is 0.257 e. The maximum absolute atomic E-state index is 13.2. The summed E-state index contributed by atoms with van der Waals surface area (Å²) in [7, 11) is 0. The minimum atomic E-state index is -0.983. The van der Waals surface area contributed by atoms with Crippen LogP contribution in [0.2, 0.25) is 0 Å². The average Bonchev–Trinajstić information content (AvgIpc) is 2.60. The van der Waals surface area contributed by atoms with Crippen LogP contribution in [0.5, 0.6) is 0 Å². The van der Waals surface area contributed by atoms with Gasteiger partial charge in [0.2, 0.25) is 0 Å². The van der Waals surface area contributed by atoms with Crippen LogP contribution in [0.4, 0.5) is 30.2 Å². The summed E-state index contributed by atoms with van der Waals surface area (Å²) in [6, 6.07) is 10.2. The Labute approximate surface area is 141 Å². The third-order valence-electron chi connectivity index (χ3n) is 3.31. The van der Waals surface area contributed by atoms with Gasteiger partial charge in [-0.3, -0.25) is 9.78 Å². The number of aromatic nitrogens is 1. The van der Waals surface area contributed by atoms with Gasteiger partial charge in [-0.05, 0) is 42.5 Å². The topological polar surface area (TPSA) is 54.0 Å². The molecule has 0 spiro atoms. The van der Waals surface area contributed by atoms with Crippen LogP contribution in [0.15, 0.2) is 60.9 Å². The van der Waals surface area contributed by atoms with Gasteiger partial charge in [0.15, 0.2) is 11.6 Å². The molecule has 2 aromatic carbocycles. The predicted molar refractivity (Wildman–Crippen MR) is 88.2 cm³/mol. The molecule has 2 N–H and O–H groups in total. The van der Waals surface area contributed by atoms with E-state index in [9.17, 15) is 18.0 Å². The highest BCUT2D eigenvalue weighted by atomic mass is 19.2. The lowest BCUT2D eigenvalue weighted by atomic mass is 10.2. The number of anilines is 3. The summed E-state index contributed by atoms with van der Waals surface area (Å²) in [6.45, 7) is 0. The number of hydrogen-bond donors (Lipinski definition) is 2. The van der Waals surface area contributed by atoms with E-state index < -0.39 is 23.4 Å². The van der Waals surface area contributed by atoms with E-state index in [1.807, 2.05) is 0 Å². The summed E-state index contributed by atoms with van der Waals surface area (Å²) >= 11 is 0. The number of nitrogens with one attached hydrogen (secondary N) is 2. The molecule has 3 rings (SSSR count). The van der Waals surface area contributed by atoms with Gasteiger partial charge in [-0.2, -0.15) is 0 Å². The molecule has 0 fully saturated rings. The van der Waals surface area contributed by atoms with Crippen LogP contribution in [0.1, 0.15) is 10.4 Å². The Morgan fingerprint density at radius 1 is 0.800 bits per heavy atom. The van der Waals surface area contributed by atoms with Crippen molar-refractivity contribution in [2.75, 3.05) is 10.6 Å². The highest BCUT2D eigenvalue weighted by molar-refractivity contribution is 6.04. The Balaban J connectivity index is 1.75. The van der Waals surface area contributed by atoms with Gasteiger partial charge in [0.25, 0.3) is 5.91 Å². The lowest BCUT2D eigenvalue weighted by Gasteiger charge is -2.09. The van der Waals surface area contributed by atoms with Gasteiger partial charge in [-0.25, -0.2) is 13.2 Å². The zero-order chi connectivity index (χ0) is 17.8. The van der Waals surface area contributed by atoms with Crippen molar-refractivity contribution in [1.29, 1.82) is 0 Å². The smallest absolute Gasteiger partial charge is 0.257 e. The van der Waals surface area contributed by atoms with Crippen molar-refractivity contribution in [1.82, 2.24) is 4.98 Å². The number of halogens is 3. The highest BCUT2D eigenvalue weighted by Crippen LogP contribution is 2.19. The lowest BCUT2D eigenvalue weighted by Crippen LogP contribution is -2.12. The molecule has 1 aromatic heterocycles. The zero-order valence-electron chi connectivity index (χ0n) is 12.8. The molecular weight excluding hydrogens is 331 g/mol. The zero-order valence-corrected chi connectivity index (χ0v) is 12.8. The van der Waals surface area contributed by atoms with Crippen molar-refractivity contribution in [2.45, 2.75) is 0 Å². The SMILES string of the molecule is O=C(Nc1ccc(F)cc1)c1cncc(Nc2ccc(F)c(F)c2)c1. The van der Waals surface area contributed by atoms with Gasteiger partial charge in [0.1, 0.15) is 5.82 Å². The molecule has 0 aliphatic carbocycles. The van der Waals surface area contributed by atoms with Crippen molar-refractivity contribution in [3.05, 3.63) is 83.9 Å². The van der Waals surface area contributed by atoms with Crippen LogP contribution in [-0.2, 0) is 0 Å². The first kappa shape index (κ1) is 16.5. The van der Waals surface area contributed by atoms with Crippen molar-refractivity contribution in [3.8, 4) is 0 Å². The largest absolute Gasteiger partial charge is 0.354 e. The van der Waals surface area contributed by atoms with E-state index in [0.29, 0.717) is 17.1 Å². The summed E-state index contributed by atoms with van der Waals surface area (Å²) < 4.78 is 39.1. The van der Waals surface area contributed by atoms with Gasteiger partial charge in [-0.15, -0.1) is 0 Å². The second-order valence-corrected chi connectivity index (χ2v) is 5.18. The monoisotopic (exact) mass is 343 g/mol. The number of rotatable bonds is 4. The quantitative estimate of drug-likeness (QED) is 0.734. The van der Waals surface area contributed by atoms with Gasteiger partial charge in [0, 0.05) is 23.6 Å². The molecule has 0 radical (unpaired) electrons. The summed E-state index contributed by atoms with van der Waals surface area (Å²) in [4.78, 5) is 16.2. The number of amides is 1. The molecule has 0 saturated carbocycles. The number of pyridine rings is 1. The minimum absolute atomic E-state index is 0.247. The molecule has 0 bridgehead atoms. The number of carbonyl (C=O) groups excluding carboxylic acids is 1. The molecule has 0 aliphatic heterocycles. The van der Waals surface area contributed by atoms with Crippen molar-refractivity contribution in [3.63, 3.8) is 0 Å². The molecule has 7 heteroatoms. The van der Waals surface area contributed by atoms with Crippen LogP contribution in [0, 0.1) is 17.5 Å². The van der Waals surface area contributed by atoms with Crippen LogP contribution in [0.25, 0.3) is 0 Å². The molecule has 0 aliphatic rings. The van der Waals surface area contributed by atoms with E-state index in [2.05, 4.69) is 15.6 Å². The second kappa shape index (κ2) is 7.04. The van der Waals surface area contributed by atoms with Crippen LogP contribution in [-0.4, -0.2) is 10.9 Å². The Hall–Kier alpha value is -3.35. The summed E-state index contributed by atoms with van der Waals surface area (Å²) in [5, 5.41) is 5.45. The highest BCUT2D eigenvalue weighted by Gasteiger charge is 2.09. The van der Waals surface area contributed by atoms with E-state index in [-0.39, 0.29) is 5.56 Å². The molecule has 0 unspecified atom stereocenters. The number of benzene rings is 2. The van der Waals surface area contributed by atoms with Crippen LogP contribution >= 0.6 is 0 Å². The van der Waals surface area contributed by atoms with Crippen LogP contribution in [0.3, 0.4) is 0 Å². The van der Waals surface area contributed by atoms with Gasteiger partial charge < -0.3 is 10.6 Å². The Morgan fingerprint density at radius 3 is 2.24 bits per heavy atom. The molecule has 126 valence electrons. The average molecular weight is 343 g/mol. The fourth-order valence-electron chi connectivity index (χ4n) is 2.11. The third kappa shape index (κ3) is 4.14. The maximum atomic E-state index is 13.2. The third-order valence-corrected chi connectivity index (χ3v) is 3.31. The first-order chi connectivity index (χ1) is 12.0. The fraction of sp³-hybridized carbons (Fsp3) is 0. The van der Waals surface area contributed by atoms with E-state index in [1.165, 1.54) is 48.8 Å². The minimum Gasteiger partial charge on any atom is -0.354 e. The normalized spacial score (nSPS) is 10.4. The standard InChI is InChI=1S/C18H12F3N3O/c19-12-1-3-13(4-2-12)24-18(25)11-7-15(10-22-9-11)23-14-5-6-16(20)17(21)8-14/h1-10,23H,(H,24,25). The van der Waals surface area contributed by atoms with Crippen molar-refractivity contribution in [2.24, 2.45) is 0 Å². The second-order valence-electron chi connectivity index (χ2n) is 5.18. The molecule has 4 nitrogen and oxygen atoms in total. The fourth-order valence-corrected chi connectivity index (χ4v) is 2.11. The van der Waals surface area contributed by atoms with E-state index >= 15 is 0 Å². The van der Waals surface area contributed by atoms with Crippen molar-refractivity contribution >= 4 is 23.0 Å². The first-order valence-corrected chi connectivity index (χ1v) is 7.25. The first-order valence-electron chi connectivity index (χ1n) is 7.25. The van der Waals surface area contributed by atoms with Gasteiger partial charge in [0.05, 0.1) is 17.4 Å². The molecule has 25 heavy (non-hydrogen) atoms. The molecule has 1 amide bonds. The number of carbonyl (C=O) groups is 1. The predicted octanol–water partition coefficient (Wildman–Crippen LogP) is 4.49. The molecule has 0 atom stereocenters. The number of hydrogen-bond acceptors (Lipinski definition) is 3. The van der Waals surface area contributed by atoms with Gasteiger partial charge >= 0.3 is 0 Å². The molecule has 3 aromatic rings. The number of nitrogens with zero attached hydrogens (tertiary/aromatic N) is 1. The molecule has 0 saturated heterocycles. The Kier molecular flexibility index (Phi) is 4.65. The summed E-state index contributed by atoms with van der Waals surface area (Å²) in [5.74, 6) is -2.77. The Bertz CT molecular complexity index is 914. The van der Waals surface area contributed by atoms with Crippen LogP contribution < -0.4 is 10.6 Å². The van der Waals surface area contributed by atoms with E-state index in [4.69, 9.17) is 0 Å².